The van der Waals surface area contributed by atoms with E-state index in [-0.39, 0.29) is 5.91 Å². The number of aromatic nitrogens is 2. The number of hydrogen-bond acceptors (Lipinski definition) is 4. The molecule has 1 atom stereocenters. The number of aromatic amines is 1. The quantitative estimate of drug-likeness (QED) is 0.779. The van der Waals surface area contributed by atoms with Crippen molar-refractivity contribution in [2.45, 2.75) is 38.0 Å². The number of nitrogens with one attached hydrogen (secondary N) is 2. The second-order valence-corrected chi connectivity index (χ2v) is 6.07. The minimum absolute atomic E-state index is 0.0153. The van der Waals surface area contributed by atoms with E-state index in [0.717, 1.165) is 35.7 Å². The van der Waals surface area contributed by atoms with E-state index in [1.165, 1.54) is 0 Å². The fraction of sp³-hybridized carbons (Fsp3) is 0.692. The predicted octanol–water partition coefficient (Wildman–Crippen LogP) is 1.64. The lowest BCUT2D eigenvalue weighted by Gasteiger charge is -2.21. The molecule has 2 heterocycles. The number of hydrogen-bond donors (Lipinski definition) is 2. The summed E-state index contributed by atoms with van der Waals surface area (Å²) in [6.07, 6.45) is 3.50. The van der Waals surface area contributed by atoms with Gasteiger partial charge in [0, 0.05) is 30.4 Å². The van der Waals surface area contributed by atoms with Crippen molar-refractivity contribution >= 4 is 17.7 Å². The molecule has 2 rings (SSSR count). The first-order valence-corrected chi connectivity index (χ1v) is 7.76. The molecule has 0 aromatic carbocycles. The van der Waals surface area contributed by atoms with E-state index in [4.69, 9.17) is 4.74 Å². The number of aryl methyl sites for hydroxylation is 1. The number of amides is 1. The Morgan fingerprint density at radius 2 is 2.53 bits per heavy atom. The average molecular weight is 283 g/mol. The number of ether oxygens (including phenoxy) is 1. The standard InChI is InChI=1S/C13H21N3O2S/c1-10-11(16-9-15-10)8-19-7-5-14-12(17)13(2)4-3-6-18-13/h9H,3-8H2,1-2H3,(H,14,17)(H,15,16)/t13-/m0/s1. The zero-order valence-corrected chi connectivity index (χ0v) is 12.3. The number of H-pyrrole nitrogens is 1. The molecule has 106 valence electrons. The Balaban J connectivity index is 1.62. The Morgan fingerprint density at radius 1 is 1.68 bits per heavy atom. The van der Waals surface area contributed by atoms with Crippen molar-refractivity contribution in [1.82, 2.24) is 15.3 Å². The third kappa shape index (κ3) is 3.73. The summed E-state index contributed by atoms with van der Waals surface area (Å²) in [7, 11) is 0. The van der Waals surface area contributed by atoms with Crippen LogP contribution in [0.2, 0.25) is 0 Å². The lowest BCUT2D eigenvalue weighted by Crippen LogP contribution is -2.44. The Labute approximate surface area is 117 Å². The van der Waals surface area contributed by atoms with Crippen molar-refractivity contribution in [3.05, 3.63) is 17.7 Å². The van der Waals surface area contributed by atoms with Crippen LogP contribution in [0.1, 0.15) is 31.2 Å². The van der Waals surface area contributed by atoms with Crippen LogP contribution >= 0.6 is 11.8 Å². The zero-order chi connectivity index (χ0) is 13.7. The van der Waals surface area contributed by atoms with E-state index in [0.29, 0.717) is 13.2 Å². The van der Waals surface area contributed by atoms with Crippen LogP contribution in [0.5, 0.6) is 0 Å². The van der Waals surface area contributed by atoms with Gasteiger partial charge in [-0.1, -0.05) is 0 Å². The maximum Gasteiger partial charge on any atom is 0.251 e. The summed E-state index contributed by atoms with van der Waals surface area (Å²) in [6.45, 7) is 5.25. The highest BCUT2D eigenvalue weighted by atomic mass is 32.2. The molecule has 1 fully saturated rings. The largest absolute Gasteiger partial charge is 0.365 e. The van der Waals surface area contributed by atoms with Crippen LogP contribution in [0.15, 0.2) is 6.33 Å². The van der Waals surface area contributed by atoms with Crippen molar-refractivity contribution in [1.29, 1.82) is 0 Å². The second kappa shape index (κ2) is 6.43. The van der Waals surface area contributed by atoms with Gasteiger partial charge in [-0.2, -0.15) is 11.8 Å². The van der Waals surface area contributed by atoms with Gasteiger partial charge in [-0.3, -0.25) is 4.79 Å². The average Bonchev–Trinajstić information content (AvgIpc) is 2.99. The van der Waals surface area contributed by atoms with Gasteiger partial charge in [-0.15, -0.1) is 0 Å². The van der Waals surface area contributed by atoms with Gasteiger partial charge in [0.15, 0.2) is 0 Å². The maximum absolute atomic E-state index is 12.0. The van der Waals surface area contributed by atoms with Crippen LogP contribution < -0.4 is 5.32 Å². The van der Waals surface area contributed by atoms with Gasteiger partial charge in [-0.25, -0.2) is 4.98 Å². The summed E-state index contributed by atoms with van der Waals surface area (Å²) in [5.41, 5.74) is 1.59. The molecule has 0 radical (unpaired) electrons. The Bertz CT molecular complexity index is 427. The lowest BCUT2D eigenvalue weighted by atomic mass is 10.0. The fourth-order valence-corrected chi connectivity index (χ4v) is 2.96. The molecule has 5 nitrogen and oxygen atoms in total. The molecule has 0 unspecified atom stereocenters. The maximum atomic E-state index is 12.0. The third-order valence-electron chi connectivity index (χ3n) is 3.40. The van der Waals surface area contributed by atoms with Crippen LogP contribution in [-0.2, 0) is 15.3 Å². The second-order valence-electron chi connectivity index (χ2n) is 4.97. The van der Waals surface area contributed by atoms with Gasteiger partial charge in [0.25, 0.3) is 5.91 Å². The van der Waals surface area contributed by atoms with Gasteiger partial charge in [0.2, 0.25) is 0 Å². The molecule has 0 bridgehead atoms. The third-order valence-corrected chi connectivity index (χ3v) is 4.37. The zero-order valence-electron chi connectivity index (χ0n) is 11.5. The first-order chi connectivity index (χ1) is 9.12. The highest BCUT2D eigenvalue weighted by molar-refractivity contribution is 7.98. The van der Waals surface area contributed by atoms with Crippen LogP contribution in [0.25, 0.3) is 0 Å². The molecule has 1 amide bonds. The molecule has 19 heavy (non-hydrogen) atoms. The summed E-state index contributed by atoms with van der Waals surface area (Å²) in [6, 6.07) is 0. The van der Waals surface area contributed by atoms with Crippen molar-refractivity contribution in [3.63, 3.8) is 0 Å². The van der Waals surface area contributed by atoms with Crippen molar-refractivity contribution in [2.75, 3.05) is 18.9 Å². The fourth-order valence-electron chi connectivity index (χ4n) is 2.08. The number of thioether (sulfide) groups is 1. The van der Waals surface area contributed by atoms with E-state index in [1.807, 2.05) is 13.8 Å². The molecular weight excluding hydrogens is 262 g/mol. The normalized spacial score (nSPS) is 22.6. The first-order valence-electron chi connectivity index (χ1n) is 6.61. The molecule has 1 aliphatic heterocycles. The molecule has 2 N–H and O–H groups in total. The van der Waals surface area contributed by atoms with Crippen molar-refractivity contribution in [3.8, 4) is 0 Å². The SMILES string of the molecule is Cc1[nH]cnc1CSCCNC(=O)[C@]1(C)CCCO1. The van der Waals surface area contributed by atoms with E-state index in [9.17, 15) is 4.79 Å². The number of carbonyl (C=O) groups excluding carboxylic acids is 1. The van der Waals surface area contributed by atoms with Gasteiger partial charge in [0.1, 0.15) is 5.60 Å². The number of nitrogens with zero attached hydrogens (tertiary/aromatic N) is 1. The lowest BCUT2D eigenvalue weighted by molar-refractivity contribution is -0.139. The summed E-state index contributed by atoms with van der Waals surface area (Å²) in [5.74, 6) is 1.77. The molecule has 0 spiro atoms. The van der Waals surface area contributed by atoms with Gasteiger partial charge in [-0.05, 0) is 26.7 Å². The van der Waals surface area contributed by atoms with E-state index in [1.54, 1.807) is 18.1 Å². The molecular formula is C13H21N3O2S. The van der Waals surface area contributed by atoms with Crippen LogP contribution in [0, 0.1) is 6.92 Å². The monoisotopic (exact) mass is 283 g/mol. The summed E-state index contributed by atoms with van der Waals surface area (Å²) in [4.78, 5) is 19.2. The number of imidazole rings is 1. The summed E-state index contributed by atoms with van der Waals surface area (Å²) < 4.78 is 5.50. The van der Waals surface area contributed by atoms with E-state index < -0.39 is 5.60 Å². The van der Waals surface area contributed by atoms with Crippen LogP contribution in [0.4, 0.5) is 0 Å². The van der Waals surface area contributed by atoms with E-state index >= 15 is 0 Å². The Hall–Kier alpha value is -1.01. The van der Waals surface area contributed by atoms with Gasteiger partial charge < -0.3 is 15.0 Å². The molecule has 0 saturated carbocycles. The smallest absolute Gasteiger partial charge is 0.251 e. The minimum atomic E-state index is -0.608. The van der Waals surface area contributed by atoms with Crippen molar-refractivity contribution < 1.29 is 9.53 Å². The first kappa shape index (κ1) is 14.4. The Morgan fingerprint density at radius 3 is 3.16 bits per heavy atom. The molecule has 0 aliphatic carbocycles. The predicted molar refractivity (Wildman–Crippen MR) is 76.1 cm³/mol. The minimum Gasteiger partial charge on any atom is -0.365 e. The molecule has 1 aromatic heterocycles. The molecule has 6 heteroatoms. The number of carbonyl (C=O) groups is 1. The topological polar surface area (TPSA) is 67.0 Å². The molecule has 1 aromatic rings. The van der Waals surface area contributed by atoms with Crippen LogP contribution in [-0.4, -0.2) is 40.4 Å². The van der Waals surface area contributed by atoms with Crippen LogP contribution in [0.3, 0.4) is 0 Å². The van der Waals surface area contributed by atoms with Crippen molar-refractivity contribution in [2.24, 2.45) is 0 Å². The molecule has 1 saturated heterocycles. The van der Waals surface area contributed by atoms with E-state index in [2.05, 4.69) is 15.3 Å². The Kier molecular flexibility index (Phi) is 4.87. The van der Waals surface area contributed by atoms with Gasteiger partial charge in [0.05, 0.1) is 12.0 Å². The molecule has 1 aliphatic rings. The van der Waals surface area contributed by atoms with Gasteiger partial charge >= 0.3 is 0 Å². The highest BCUT2D eigenvalue weighted by Crippen LogP contribution is 2.24. The summed E-state index contributed by atoms with van der Waals surface area (Å²) in [5, 5.41) is 2.95. The summed E-state index contributed by atoms with van der Waals surface area (Å²) >= 11 is 1.77. The number of rotatable bonds is 6. The highest BCUT2D eigenvalue weighted by Gasteiger charge is 2.37.